The van der Waals surface area contributed by atoms with Gasteiger partial charge in [0.25, 0.3) is 0 Å². The van der Waals surface area contributed by atoms with E-state index in [-0.39, 0.29) is 16.3 Å². The number of hydrogen-bond acceptors (Lipinski definition) is 6. The molecule has 0 radical (unpaired) electrons. The highest BCUT2D eigenvalue weighted by molar-refractivity contribution is 5.86. The predicted octanol–water partition coefficient (Wildman–Crippen LogP) is 15.8. The average Bonchev–Trinajstić information content (AvgIpc) is 3.39. The summed E-state index contributed by atoms with van der Waals surface area (Å²) in [6, 6.07) is 29.0. The third-order valence-corrected chi connectivity index (χ3v) is 12.2. The Kier molecular flexibility index (Phi) is 20.8. The smallest absolute Gasteiger partial charge is 0.200 e. The Morgan fingerprint density at radius 2 is 0.716 bits per heavy atom. The summed E-state index contributed by atoms with van der Waals surface area (Å²) >= 11 is 0. The van der Waals surface area contributed by atoms with Crippen molar-refractivity contribution < 1.29 is 13.3 Å². The third kappa shape index (κ3) is 12.4. The van der Waals surface area contributed by atoms with Gasteiger partial charge in [-0.1, -0.05) is 151 Å². The minimum absolute atomic E-state index is 0.0560. The molecule has 0 N–H and O–H groups in total. The number of fused-ring (bicyclic) bond motifs is 3. The van der Waals surface area contributed by atoms with Crippen molar-refractivity contribution in [3.8, 4) is 22.3 Å². The standard InChI is InChI=1S/2C21H22O2.C15H18O2.2C2H6/c1-4-14-7-9-17(10-8-14)18-12-20-19(11-15(18)5-2)21(22)16(6-3)13-23-20;1-4-14-7-9-17(10-8-14)19-13-23-21-16(6-3)11-15(5-2)12-18(21)20(19)22;1-4-10-7-11(5-2)15-13(8-10)14(16)12(6-3)9-17-15;2*1-2/h2*7-13H,4-6H2,1-3H3;7-9H,4-6H2,1-3H3;2*1-2H3. The molecular formula is C61H74O6. The van der Waals surface area contributed by atoms with Gasteiger partial charge in [-0.2, -0.15) is 0 Å². The van der Waals surface area contributed by atoms with Crippen molar-refractivity contribution in [2.45, 2.75) is 148 Å². The minimum Gasteiger partial charge on any atom is -0.464 e. The first-order valence-electron chi connectivity index (χ1n) is 25.0. The molecule has 8 aromatic rings. The van der Waals surface area contributed by atoms with Crippen molar-refractivity contribution >= 4 is 32.9 Å². The second-order valence-corrected chi connectivity index (χ2v) is 16.0. The van der Waals surface area contributed by atoms with Crippen molar-refractivity contribution in [2.24, 2.45) is 0 Å². The molecule has 6 heteroatoms. The van der Waals surface area contributed by atoms with Crippen LogP contribution in [0.2, 0.25) is 0 Å². The van der Waals surface area contributed by atoms with Gasteiger partial charge in [0.2, 0.25) is 5.43 Å². The van der Waals surface area contributed by atoms with Gasteiger partial charge in [-0.15, -0.1) is 0 Å². The van der Waals surface area contributed by atoms with Crippen LogP contribution in [0.5, 0.6) is 0 Å². The van der Waals surface area contributed by atoms with E-state index in [2.05, 4.69) is 97.0 Å². The first-order chi connectivity index (χ1) is 32.6. The van der Waals surface area contributed by atoms with Crippen LogP contribution >= 0.6 is 0 Å². The van der Waals surface area contributed by atoms with Crippen LogP contribution < -0.4 is 16.3 Å². The predicted molar refractivity (Wildman–Crippen MR) is 285 cm³/mol. The van der Waals surface area contributed by atoms with Crippen LogP contribution in [-0.2, 0) is 57.8 Å². The molecule has 0 aliphatic carbocycles. The summed E-state index contributed by atoms with van der Waals surface area (Å²) in [6.45, 7) is 26.7. The van der Waals surface area contributed by atoms with Gasteiger partial charge in [0, 0.05) is 11.1 Å². The van der Waals surface area contributed by atoms with Crippen LogP contribution in [0.25, 0.3) is 55.2 Å². The zero-order valence-electron chi connectivity index (χ0n) is 42.6. The molecule has 5 aromatic carbocycles. The molecule has 0 spiro atoms. The Morgan fingerprint density at radius 1 is 0.328 bits per heavy atom. The summed E-state index contributed by atoms with van der Waals surface area (Å²) in [7, 11) is 0. The topological polar surface area (TPSA) is 90.6 Å². The van der Waals surface area contributed by atoms with Crippen LogP contribution in [0.15, 0.2) is 131 Å². The zero-order chi connectivity index (χ0) is 49.2. The van der Waals surface area contributed by atoms with Crippen LogP contribution in [0.4, 0.5) is 0 Å². The minimum atomic E-state index is 0.0560. The van der Waals surface area contributed by atoms with Gasteiger partial charge in [-0.3, -0.25) is 14.4 Å². The van der Waals surface area contributed by atoms with E-state index in [9.17, 15) is 14.4 Å². The first-order valence-corrected chi connectivity index (χ1v) is 25.0. The second kappa shape index (κ2) is 26.2. The molecule has 3 heterocycles. The highest BCUT2D eigenvalue weighted by Crippen LogP contribution is 2.30. The number of aryl methyl sites for hydroxylation is 9. The van der Waals surface area contributed by atoms with E-state index in [1.54, 1.807) is 18.8 Å². The quantitative estimate of drug-likeness (QED) is 0.128. The fourth-order valence-corrected chi connectivity index (χ4v) is 8.08. The maximum Gasteiger partial charge on any atom is 0.200 e. The lowest BCUT2D eigenvalue weighted by molar-refractivity contribution is 0.589. The molecule has 67 heavy (non-hydrogen) atoms. The highest BCUT2D eigenvalue weighted by atomic mass is 16.3. The molecule has 0 fully saturated rings. The summed E-state index contributed by atoms with van der Waals surface area (Å²) in [6.07, 6.45) is 12.7. The van der Waals surface area contributed by atoms with E-state index in [1.165, 1.54) is 33.4 Å². The van der Waals surface area contributed by atoms with Gasteiger partial charge in [-0.05, 0) is 138 Å². The fourth-order valence-electron chi connectivity index (χ4n) is 8.08. The second-order valence-electron chi connectivity index (χ2n) is 16.0. The van der Waals surface area contributed by atoms with Crippen LogP contribution in [0.1, 0.15) is 140 Å². The van der Waals surface area contributed by atoms with E-state index in [0.717, 1.165) is 101 Å². The summed E-state index contributed by atoms with van der Waals surface area (Å²) < 4.78 is 17.2. The molecule has 0 saturated carbocycles. The summed E-state index contributed by atoms with van der Waals surface area (Å²) in [5.74, 6) is 0. The maximum absolute atomic E-state index is 13.0. The average molecular weight is 903 g/mol. The molecule has 0 aliphatic heterocycles. The largest absolute Gasteiger partial charge is 0.464 e. The van der Waals surface area contributed by atoms with Crippen LogP contribution in [0, 0.1) is 0 Å². The molecular weight excluding hydrogens is 829 g/mol. The Labute approximate surface area is 399 Å². The Hall–Kier alpha value is -6.27. The molecule has 0 aliphatic rings. The molecule has 3 aromatic heterocycles. The lowest BCUT2D eigenvalue weighted by Crippen LogP contribution is -2.09. The molecule has 0 unspecified atom stereocenters. The SMILES string of the molecule is CC.CC.CCc1cc(CC)c2occ(CC)c(=O)c2c1.CCc1ccc(-c2cc3occ(CC)c(=O)c3cc2CC)cc1.CCc1ccc(-c2coc3c(CC)cc(CC)cc3c2=O)cc1. The van der Waals surface area contributed by atoms with E-state index in [0.29, 0.717) is 28.3 Å². The molecule has 0 amide bonds. The van der Waals surface area contributed by atoms with Gasteiger partial charge in [0.15, 0.2) is 10.9 Å². The molecule has 0 atom stereocenters. The van der Waals surface area contributed by atoms with Gasteiger partial charge in [0.05, 0.1) is 34.2 Å². The highest BCUT2D eigenvalue weighted by Gasteiger charge is 2.15. The van der Waals surface area contributed by atoms with Crippen LogP contribution in [0.3, 0.4) is 0 Å². The number of benzene rings is 5. The third-order valence-electron chi connectivity index (χ3n) is 12.2. The Bertz CT molecular complexity index is 3020. The van der Waals surface area contributed by atoms with Crippen molar-refractivity contribution in [1.29, 1.82) is 0 Å². The summed E-state index contributed by atoms with van der Waals surface area (Å²) in [5, 5.41) is 2.12. The molecule has 8 rings (SSSR count). The van der Waals surface area contributed by atoms with Gasteiger partial charge in [0.1, 0.15) is 23.0 Å². The Morgan fingerprint density at radius 3 is 1.15 bits per heavy atom. The number of hydrogen-bond donors (Lipinski definition) is 0. The van der Waals surface area contributed by atoms with Gasteiger partial charge < -0.3 is 13.3 Å². The maximum atomic E-state index is 13.0. The zero-order valence-corrected chi connectivity index (χ0v) is 42.6. The lowest BCUT2D eigenvalue weighted by atomic mass is 9.95. The molecule has 0 bridgehead atoms. The van der Waals surface area contributed by atoms with Crippen molar-refractivity contribution in [3.05, 3.63) is 184 Å². The number of rotatable bonds is 11. The fraction of sp³-hybridized carbons (Fsp3) is 0.361. The normalized spacial score (nSPS) is 10.6. The van der Waals surface area contributed by atoms with E-state index in [4.69, 9.17) is 13.3 Å². The molecule has 0 saturated heterocycles. The Balaban J connectivity index is 0.000000214. The van der Waals surface area contributed by atoms with Crippen LogP contribution in [-0.4, -0.2) is 0 Å². The summed E-state index contributed by atoms with van der Waals surface area (Å²) in [4.78, 5) is 37.7. The van der Waals surface area contributed by atoms with E-state index in [1.807, 2.05) is 77.9 Å². The lowest BCUT2D eigenvalue weighted by Gasteiger charge is -2.11. The molecule has 6 nitrogen and oxygen atoms in total. The van der Waals surface area contributed by atoms with E-state index >= 15 is 0 Å². The first kappa shape index (κ1) is 53.3. The van der Waals surface area contributed by atoms with Crippen molar-refractivity contribution in [1.82, 2.24) is 0 Å². The van der Waals surface area contributed by atoms with E-state index < -0.39 is 0 Å². The van der Waals surface area contributed by atoms with Gasteiger partial charge >= 0.3 is 0 Å². The van der Waals surface area contributed by atoms with Gasteiger partial charge in [-0.25, -0.2) is 0 Å². The van der Waals surface area contributed by atoms with Crippen molar-refractivity contribution in [3.63, 3.8) is 0 Å². The summed E-state index contributed by atoms with van der Waals surface area (Å²) in [5.41, 5.74) is 16.2. The molecule has 354 valence electrons. The van der Waals surface area contributed by atoms with Crippen molar-refractivity contribution in [2.75, 3.05) is 0 Å². The monoisotopic (exact) mass is 903 g/mol.